The van der Waals surface area contributed by atoms with E-state index in [1.54, 1.807) is 18.2 Å². The van der Waals surface area contributed by atoms with Crippen molar-refractivity contribution in [2.75, 3.05) is 13.2 Å². The maximum Gasteiger partial charge on any atom is 0.418 e. The highest BCUT2D eigenvalue weighted by molar-refractivity contribution is 6.31. The van der Waals surface area contributed by atoms with E-state index in [0.29, 0.717) is 22.6 Å². The lowest BCUT2D eigenvalue weighted by atomic mass is 10.1. The zero-order valence-electron chi connectivity index (χ0n) is 16.2. The van der Waals surface area contributed by atoms with Gasteiger partial charge in [0.2, 0.25) is 5.55 Å². The Hall–Kier alpha value is -2.84. The van der Waals surface area contributed by atoms with Crippen molar-refractivity contribution >= 4 is 34.2 Å². The number of fused-ring (bicyclic) bond motifs is 1. The number of nitrogens with one attached hydrogen (secondary N) is 1. The number of para-hydroxylation sites is 1. The zero-order chi connectivity index (χ0) is 22.0. The minimum Gasteiger partial charge on any atom is -0.438 e. The molecule has 0 spiro atoms. The lowest BCUT2D eigenvalue weighted by Gasteiger charge is -2.12. The van der Waals surface area contributed by atoms with Gasteiger partial charge in [-0.1, -0.05) is 23.7 Å². The number of ether oxygens (including phenoxy) is 1. The van der Waals surface area contributed by atoms with E-state index in [9.17, 15) is 18.0 Å². The first-order valence-corrected chi connectivity index (χ1v) is 10.0. The van der Waals surface area contributed by atoms with Crippen LogP contribution >= 0.6 is 11.6 Å². The number of nitrogens with zero attached hydrogens (tertiary/aromatic N) is 1. The summed E-state index contributed by atoms with van der Waals surface area (Å²) in [6, 6.07) is 11.1. The summed E-state index contributed by atoms with van der Waals surface area (Å²) in [7, 11) is 0. The number of hydrogen-bond donors (Lipinski definition) is 1. The molecule has 0 bridgehead atoms. The van der Waals surface area contributed by atoms with Crippen LogP contribution in [0.4, 0.5) is 18.9 Å². The van der Waals surface area contributed by atoms with Gasteiger partial charge in [-0.05, 0) is 49.2 Å². The van der Waals surface area contributed by atoms with E-state index in [0.717, 1.165) is 18.9 Å². The molecule has 0 saturated carbocycles. The van der Waals surface area contributed by atoms with Gasteiger partial charge in [-0.15, -0.1) is 0 Å². The van der Waals surface area contributed by atoms with Crippen molar-refractivity contribution in [1.29, 1.82) is 0 Å². The number of halogens is 4. The summed E-state index contributed by atoms with van der Waals surface area (Å²) in [5.74, 6) is -0.524. The Morgan fingerprint density at radius 1 is 1.19 bits per heavy atom. The summed E-state index contributed by atoms with van der Waals surface area (Å²) < 4.78 is 51.4. The molecule has 0 radical (unpaired) electrons. The first-order valence-electron chi connectivity index (χ1n) is 9.65. The summed E-state index contributed by atoms with van der Waals surface area (Å²) in [5.41, 5.74) is -1.16. The molecule has 2 aromatic carbocycles. The second-order valence-electron chi connectivity index (χ2n) is 7.12. The fraction of sp³-hybridized carbons (Fsp3) is 0.273. The topological polar surface area (TPSA) is 63.8 Å². The third kappa shape index (κ3) is 4.91. The Kier molecular flexibility index (Phi) is 6.02. The Labute approximate surface area is 180 Å². The summed E-state index contributed by atoms with van der Waals surface area (Å²) in [6.07, 6.45) is -2.96. The van der Waals surface area contributed by atoms with Crippen LogP contribution in [0.25, 0.3) is 11.0 Å². The van der Waals surface area contributed by atoms with Crippen LogP contribution in [-0.4, -0.2) is 25.2 Å². The van der Waals surface area contributed by atoms with Crippen LogP contribution in [0.2, 0.25) is 5.02 Å². The molecule has 1 N–H and O–H groups in total. The van der Waals surface area contributed by atoms with E-state index in [-0.39, 0.29) is 29.5 Å². The molecule has 1 fully saturated rings. The van der Waals surface area contributed by atoms with E-state index in [1.807, 2.05) is 0 Å². The van der Waals surface area contributed by atoms with Gasteiger partial charge in [-0.25, -0.2) is 4.99 Å². The molecule has 9 heteroatoms. The molecule has 0 aliphatic carbocycles. The fourth-order valence-electron chi connectivity index (χ4n) is 3.37. The quantitative estimate of drug-likeness (QED) is 0.590. The Morgan fingerprint density at radius 2 is 2.00 bits per heavy atom. The Balaban J connectivity index is 1.81. The molecule has 3 aromatic rings. The van der Waals surface area contributed by atoms with Crippen LogP contribution < -0.4 is 10.9 Å². The predicted molar refractivity (Wildman–Crippen MR) is 109 cm³/mol. The molecule has 162 valence electrons. The van der Waals surface area contributed by atoms with Crippen molar-refractivity contribution < 1.29 is 27.1 Å². The normalized spacial score (nSPS) is 17.3. The minimum atomic E-state index is -4.60. The van der Waals surface area contributed by atoms with E-state index >= 15 is 0 Å². The van der Waals surface area contributed by atoms with Crippen molar-refractivity contribution in [1.82, 2.24) is 5.32 Å². The van der Waals surface area contributed by atoms with Crippen molar-refractivity contribution in [2.24, 2.45) is 4.99 Å². The average molecular weight is 451 g/mol. The van der Waals surface area contributed by atoms with Crippen LogP contribution in [-0.2, 0) is 10.9 Å². The van der Waals surface area contributed by atoms with Crippen LogP contribution in [0, 0.1) is 0 Å². The van der Waals surface area contributed by atoms with Gasteiger partial charge in [-0.2, -0.15) is 13.2 Å². The summed E-state index contributed by atoms with van der Waals surface area (Å²) in [6.45, 7) is 0.921. The molecule has 1 saturated heterocycles. The molecule has 1 aliphatic heterocycles. The fourth-order valence-corrected chi connectivity index (χ4v) is 3.56. The number of hydrogen-bond acceptors (Lipinski definition) is 4. The van der Waals surface area contributed by atoms with Gasteiger partial charge in [0, 0.05) is 23.6 Å². The van der Waals surface area contributed by atoms with Crippen LogP contribution in [0.5, 0.6) is 0 Å². The van der Waals surface area contributed by atoms with Gasteiger partial charge in [-0.3, -0.25) is 4.79 Å². The van der Waals surface area contributed by atoms with E-state index < -0.39 is 17.6 Å². The predicted octanol–water partition coefficient (Wildman–Crippen LogP) is 5.25. The number of carbonyl (C=O) groups is 1. The summed E-state index contributed by atoms with van der Waals surface area (Å²) in [5, 5.41) is 3.71. The molecule has 5 nitrogen and oxygen atoms in total. The lowest BCUT2D eigenvalue weighted by Crippen LogP contribution is -2.34. The number of carbonyl (C=O) groups excluding carboxylic acids is 1. The molecule has 31 heavy (non-hydrogen) atoms. The Morgan fingerprint density at radius 3 is 2.74 bits per heavy atom. The molecule has 1 aliphatic rings. The largest absolute Gasteiger partial charge is 0.438 e. The third-order valence-corrected chi connectivity index (χ3v) is 5.13. The average Bonchev–Trinajstić information content (AvgIpc) is 3.25. The summed E-state index contributed by atoms with van der Waals surface area (Å²) in [4.78, 5) is 17.0. The van der Waals surface area contributed by atoms with Crippen molar-refractivity contribution in [2.45, 2.75) is 25.1 Å². The van der Waals surface area contributed by atoms with Gasteiger partial charge in [0.25, 0.3) is 5.91 Å². The first kappa shape index (κ1) is 21.4. The molecule has 1 amide bonds. The van der Waals surface area contributed by atoms with Crippen molar-refractivity contribution in [3.05, 3.63) is 70.2 Å². The highest BCUT2D eigenvalue weighted by Crippen LogP contribution is 2.35. The highest BCUT2D eigenvalue weighted by atomic mass is 35.5. The smallest absolute Gasteiger partial charge is 0.418 e. The molecule has 1 atom stereocenters. The number of rotatable bonds is 4. The van der Waals surface area contributed by atoms with Crippen LogP contribution in [0.15, 0.2) is 57.9 Å². The van der Waals surface area contributed by atoms with Gasteiger partial charge in [0.1, 0.15) is 11.1 Å². The van der Waals surface area contributed by atoms with Gasteiger partial charge in [0.05, 0.1) is 17.4 Å². The highest BCUT2D eigenvalue weighted by Gasteiger charge is 2.33. The molecule has 1 aromatic heterocycles. The lowest BCUT2D eigenvalue weighted by molar-refractivity contribution is -0.137. The number of benzene rings is 2. The molecule has 4 rings (SSSR count). The minimum absolute atomic E-state index is 0.00439. The number of alkyl halides is 3. The van der Waals surface area contributed by atoms with Gasteiger partial charge < -0.3 is 14.5 Å². The van der Waals surface area contributed by atoms with Gasteiger partial charge in [0.15, 0.2) is 0 Å². The standard InChI is InChI=1S/C22H18ClF3N2O3/c23-14-7-8-19-13(10-14)11-16(20(29)27-12-15-4-3-9-30-15)21(31-19)28-18-6-2-1-5-17(18)22(24,25)26/h1-2,5-8,10-11,15H,3-4,9,12H2,(H,27,29)/t15-/m1/s1. The van der Waals surface area contributed by atoms with Crippen molar-refractivity contribution in [3.8, 4) is 0 Å². The van der Waals surface area contributed by atoms with E-state index in [4.69, 9.17) is 20.8 Å². The van der Waals surface area contributed by atoms with E-state index in [2.05, 4.69) is 10.3 Å². The monoisotopic (exact) mass is 450 g/mol. The molecule has 0 unspecified atom stereocenters. The third-order valence-electron chi connectivity index (χ3n) is 4.90. The van der Waals surface area contributed by atoms with Crippen molar-refractivity contribution in [3.63, 3.8) is 0 Å². The second-order valence-corrected chi connectivity index (χ2v) is 7.56. The Bertz CT molecular complexity index is 1180. The maximum atomic E-state index is 13.4. The van der Waals surface area contributed by atoms with Gasteiger partial charge >= 0.3 is 6.18 Å². The second kappa shape index (κ2) is 8.72. The summed E-state index contributed by atoms with van der Waals surface area (Å²) >= 11 is 6.03. The zero-order valence-corrected chi connectivity index (χ0v) is 17.0. The molecular weight excluding hydrogens is 433 g/mol. The SMILES string of the molecule is O=C(NC[C@H]1CCCO1)c1cc2cc(Cl)ccc2oc1=Nc1ccccc1C(F)(F)F. The molecular formula is C22H18ClF3N2O3. The maximum absolute atomic E-state index is 13.4. The first-order chi connectivity index (χ1) is 14.8. The number of amides is 1. The van der Waals surface area contributed by atoms with Crippen LogP contribution in [0.1, 0.15) is 28.8 Å². The molecule has 2 heterocycles. The van der Waals surface area contributed by atoms with Crippen LogP contribution in [0.3, 0.4) is 0 Å². The van der Waals surface area contributed by atoms with E-state index in [1.165, 1.54) is 24.3 Å².